The van der Waals surface area contributed by atoms with Crippen molar-refractivity contribution in [2.24, 2.45) is 5.92 Å². The van der Waals surface area contributed by atoms with Crippen molar-refractivity contribution in [3.63, 3.8) is 0 Å². The summed E-state index contributed by atoms with van der Waals surface area (Å²) >= 11 is 0. The number of aliphatic carboxylic acids is 1. The van der Waals surface area contributed by atoms with Crippen LogP contribution >= 0.6 is 0 Å². The number of ketones is 1. The summed E-state index contributed by atoms with van der Waals surface area (Å²) in [6, 6.07) is 5.16. The Bertz CT molecular complexity index is 522. The first-order valence-electron chi connectivity index (χ1n) is 6.49. The molecule has 0 bridgehead atoms. The molecule has 1 aliphatic heterocycles. The maximum Gasteiger partial charge on any atom is 0.321 e. The Labute approximate surface area is 113 Å². The van der Waals surface area contributed by atoms with Gasteiger partial charge in [0, 0.05) is 18.7 Å². The molecule has 1 atom stereocenters. The third-order valence-corrected chi connectivity index (χ3v) is 3.64. The van der Waals surface area contributed by atoms with Gasteiger partial charge in [0.15, 0.2) is 5.78 Å². The van der Waals surface area contributed by atoms with Gasteiger partial charge in [0.1, 0.15) is 6.04 Å². The van der Waals surface area contributed by atoms with Crippen molar-refractivity contribution in [2.75, 3.05) is 0 Å². The molecule has 0 fully saturated rings. The first kappa shape index (κ1) is 13.7. The number of nitrogens with zero attached hydrogens (tertiary/aromatic N) is 1. The Morgan fingerprint density at radius 3 is 2.37 bits per heavy atom. The molecule has 1 aliphatic rings. The van der Waals surface area contributed by atoms with E-state index in [9.17, 15) is 14.7 Å². The zero-order valence-corrected chi connectivity index (χ0v) is 11.5. The number of carboxylic acids is 1. The van der Waals surface area contributed by atoms with E-state index in [-0.39, 0.29) is 11.7 Å². The number of fused-ring (bicyclic) bond motifs is 1. The molecule has 0 amide bonds. The first-order valence-corrected chi connectivity index (χ1v) is 6.49. The number of Topliss-reactive ketones (excluding diaryl/α,β-unsaturated/α-hetero) is 1. The van der Waals surface area contributed by atoms with Crippen LogP contribution in [0.4, 0.5) is 0 Å². The van der Waals surface area contributed by atoms with Crippen molar-refractivity contribution >= 4 is 11.8 Å². The lowest BCUT2D eigenvalue weighted by molar-refractivity contribution is -0.145. The third kappa shape index (κ3) is 2.68. The first-order chi connectivity index (χ1) is 8.90. The Balaban J connectivity index is 2.24. The lowest BCUT2D eigenvalue weighted by Gasteiger charge is -2.26. The van der Waals surface area contributed by atoms with E-state index >= 15 is 0 Å². The molecule has 1 heterocycles. The largest absolute Gasteiger partial charge is 0.480 e. The summed E-state index contributed by atoms with van der Waals surface area (Å²) in [7, 11) is 0. The minimum Gasteiger partial charge on any atom is -0.480 e. The molecule has 0 aliphatic carbocycles. The highest BCUT2D eigenvalue weighted by molar-refractivity contribution is 5.94. The molecule has 1 unspecified atom stereocenters. The van der Waals surface area contributed by atoms with Gasteiger partial charge in [0.25, 0.3) is 0 Å². The standard InChI is InChI=1S/C15H19NO3/c1-9(2)14(15(18)19)16-7-12-5-4-11(10(3)17)6-13(12)8-16/h4-6,9,14H,7-8H2,1-3H3,(H,18,19). The van der Waals surface area contributed by atoms with Crippen LogP contribution in [0.2, 0.25) is 0 Å². The molecule has 0 aromatic heterocycles. The van der Waals surface area contributed by atoms with Gasteiger partial charge in [0.2, 0.25) is 0 Å². The van der Waals surface area contributed by atoms with E-state index in [4.69, 9.17) is 0 Å². The van der Waals surface area contributed by atoms with Gasteiger partial charge in [-0.1, -0.05) is 26.0 Å². The van der Waals surface area contributed by atoms with E-state index in [1.54, 1.807) is 6.92 Å². The molecule has 1 N–H and O–H groups in total. The summed E-state index contributed by atoms with van der Waals surface area (Å²) in [5.41, 5.74) is 2.88. The van der Waals surface area contributed by atoms with Crippen molar-refractivity contribution < 1.29 is 14.7 Å². The fraction of sp³-hybridized carbons (Fsp3) is 0.467. The van der Waals surface area contributed by atoms with Gasteiger partial charge in [-0.05, 0) is 30.0 Å². The Morgan fingerprint density at radius 2 is 1.84 bits per heavy atom. The molecule has 19 heavy (non-hydrogen) atoms. The molecule has 4 nitrogen and oxygen atoms in total. The fourth-order valence-corrected chi connectivity index (χ4v) is 2.70. The maximum absolute atomic E-state index is 11.4. The molecule has 0 saturated carbocycles. The van der Waals surface area contributed by atoms with Gasteiger partial charge in [-0.25, -0.2) is 0 Å². The minimum absolute atomic E-state index is 0.0416. The predicted octanol–water partition coefficient (Wildman–Crippen LogP) is 2.31. The zero-order chi connectivity index (χ0) is 14.2. The topological polar surface area (TPSA) is 57.6 Å². The number of rotatable bonds is 4. The van der Waals surface area contributed by atoms with Crippen LogP contribution in [0.5, 0.6) is 0 Å². The highest BCUT2D eigenvalue weighted by atomic mass is 16.4. The maximum atomic E-state index is 11.4. The summed E-state index contributed by atoms with van der Waals surface area (Å²) < 4.78 is 0. The van der Waals surface area contributed by atoms with Gasteiger partial charge >= 0.3 is 5.97 Å². The van der Waals surface area contributed by atoms with Gasteiger partial charge in [-0.15, -0.1) is 0 Å². The van der Waals surface area contributed by atoms with Crippen LogP contribution in [0, 0.1) is 5.92 Å². The predicted molar refractivity (Wildman–Crippen MR) is 72.0 cm³/mol. The van der Waals surface area contributed by atoms with Gasteiger partial charge < -0.3 is 5.11 Å². The second kappa shape index (κ2) is 5.13. The molecule has 0 saturated heterocycles. The molecule has 1 aromatic carbocycles. The zero-order valence-electron chi connectivity index (χ0n) is 11.5. The quantitative estimate of drug-likeness (QED) is 0.845. The molecule has 102 valence electrons. The number of carboxylic acid groups (broad SMARTS) is 1. The van der Waals surface area contributed by atoms with Crippen molar-refractivity contribution in [3.05, 3.63) is 34.9 Å². The van der Waals surface area contributed by atoms with Gasteiger partial charge in [-0.2, -0.15) is 0 Å². The SMILES string of the molecule is CC(=O)c1ccc2c(c1)CN(C(C(=O)O)C(C)C)C2. The normalized spacial score (nSPS) is 16.4. The second-order valence-electron chi connectivity index (χ2n) is 5.47. The fourth-order valence-electron chi connectivity index (χ4n) is 2.70. The van der Waals surface area contributed by atoms with Crippen molar-refractivity contribution in [2.45, 2.75) is 39.9 Å². The Hall–Kier alpha value is -1.68. The van der Waals surface area contributed by atoms with Crippen LogP contribution in [0.1, 0.15) is 42.3 Å². The molecule has 4 heteroatoms. The summed E-state index contributed by atoms with van der Waals surface area (Å²) in [6.07, 6.45) is 0. The number of hydrogen-bond donors (Lipinski definition) is 1. The van der Waals surface area contributed by atoms with E-state index in [1.807, 2.05) is 36.9 Å². The monoisotopic (exact) mass is 261 g/mol. The smallest absolute Gasteiger partial charge is 0.321 e. The van der Waals surface area contributed by atoms with E-state index in [1.165, 1.54) is 0 Å². The van der Waals surface area contributed by atoms with Crippen molar-refractivity contribution in [1.82, 2.24) is 4.90 Å². The Kier molecular flexibility index (Phi) is 3.71. The number of benzene rings is 1. The van der Waals surface area contributed by atoms with Crippen molar-refractivity contribution in [3.8, 4) is 0 Å². The van der Waals surface area contributed by atoms with Crippen molar-refractivity contribution in [1.29, 1.82) is 0 Å². The van der Waals surface area contributed by atoms with Crippen LogP contribution in [0.15, 0.2) is 18.2 Å². The van der Waals surface area contributed by atoms with Crippen LogP contribution in [-0.4, -0.2) is 27.8 Å². The number of hydrogen-bond acceptors (Lipinski definition) is 3. The van der Waals surface area contributed by atoms with Crippen LogP contribution in [0.25, 0.3) is 0 Å². The Morgan fingerprint density at radius 1 is 1.21 bits per heavy atom. The summed E-state index contributed by atoms with van der Waals surface area (Å²) in [5.74, 6) is -0.686. The highest BCUT2D eigenvalue weighted by Gasteiger charge is 2.32. The molecular formula is C15H19NO3. The lowest BCUT2D eigenvalue weighted by Crippen LogP contribution is -2.41. The van der Waals surface area contributed by atoms with Crippen LogP contribution in [-0.2, 0) is 17.9 Å². The van der Waals surface area contributed by atoms with Gasteiger partial charge in [-0.3, -0.25) is 14.5 Å². The summed E-state index contributed by atoms with van der Waals surface area (Å²) in [4.78, 5) is 24.7. The third-order valence-electron chi connectivity index (χ3n) is 3.64. The highest BCUT2D eigenvalue weighted by Crippen LogP contribution is 2.28. The second-order valence-corrected chi connectivity index (χ2v) is 5.47. The molecule has 0 radical (unpaired) electrons. The van der Waals surface area contributed by atoms with E-state index < -0.39 is 12.0 Å². The molecular weight excluding hydrogens is 242 g/mol. The molecule has 2 rings (SSSR count). The van der Waals surface area contributed by atoms with E-state index in [0.29, 0.717) is 18.7 Å². The average molecular weight is 261 g/mol. The molecule has 0 spiro atoms. The van der Waals surface area contributed by atoms with Gasteiger partial charge in [0.05, 0.1) is 0 Å². The lowest BCUT2D eigenvalue weighted by atomic mass is 10.0. The van der Waals surface area contributed by atoms with E-state index in [0.717, 1.165) is 11.1 Å². The van der Waals surface area contributed by atoms with E-state index in [2.05, 4.69) is 0 Å². The average Bonchev–Trinajstić information content (AvgIpc) is 2.69. The molecule has 1 aromatic rings. The summed E-state index contributed by atoms with van der Waals surface area (Å²) in [5, 5.41) is 9.33. The number of carbonyl (C=O) groups is 2. The van der Waals surface area contributed by atoms with Crippen LogP contribution in [0.3, 0.4) is 0 Å². The summed E-state index contributed by atoms with van der Waals surface area (Å²) in [6.45, 7) is 6.63. The van der Waals surface area contributed by atoms with Crippen LogP contribution < -0.4 is 0 Å². The number of carbonyl (C=O) groups excluding carboxylic acids is 1. The minimum atomic E-state index is -0.783.